The number of nitrogens with two attached hydrogens (primary N) is 1. The summed E-state index contributed by atoms with van der Waals surface area (Å²) < 4.78 is 0. The van der Waals surface area contributed by atoms with Gasteiger partial charge in [-0.15, -0.1) is 0 Å². The van der Waals surface area contributed by atoms with Crippen molar-refractivity contribution in [3.63, 3.8) is 0 Å². The van der Waals surface area contributed by atoms with Gasteiger partial charge in [-0.05, 0) is 20.3 Å². The Labute approximate surface area is 199 Å². The largest absolute Gasteiger partial charge is 0.326 e. The van der Waals surface area contributed by atoms with Gasteiger partial charge < -0.3 is 5.73 Å². The summed E-state index contributed by atoms with van der Waals surface area (Å²) in [7, 11) is 0. The van der Waals surface area contributed by atoms with Crippen molar-refractivity contribution in [2.45, 2.75) is 193 Å². The van der Waals surface area contributed by atoms with Crippen molar-refractivity contribution in [3.8, 4) is 0 Å². The topological polar surface area (TPSA) is 26.0 Å². The summed E-state index contributed by atoms with van der Waals surface area (Å²) in [6.07, 6.45) is 37.6. The summed E-state index contributed by atoms with van der Waals surface area (Å²) in [5, 5.41) is 0. The molecule has 31 heavy (non-hydrogen) atoms. The van der Waals surface area contributed by atoms with Gasteiger partial charge in [0.05, 0.1) is 0 Å². The molecule has 0 spiro atoms. The Bertz CT molecular complexity index is 317. The molecule has 188 valence electrons. The number of hydrogen-bond donors (Lipinski definition) is 1. The molecule has 0 aliphatic heterocycles. The minimum Gasteiger partial charge on any atom is -0.326 e. The fourth-order valence-electron chi connectivity index (χ4n) is 4.72. The standard InChI is InChI=1S/C30H63N/c1-4-5-6-7-8-9-10-11-12-13-14-15-16-17-18-19-20-21-22-23-24-25-26-27-28-29-30(2,3)31/h4-29,31H2,1-3H3. The van der Waals surface area contributed by atoms with Gasteiger partial charge in [-0.2, -0.15) is 0 Å². The molecule has 0 radical (unpaired) electrons. The van der Waals surface area contributed by atoms with Crippen LogP contribution in [-0.4, -0.2) is 5.54 Å². The molecular formula is C30H63N. The van der Waals surface area contributed by atoms with E-state index in [9.17, 15) is 0 Å². The molecule has 0 unspecified atom stereocenters. The van der Waals surface area contributed by atoms with E-state index < -0.39 is 0 Å². The van der Waals surface area contributed by atoms with Crippen LogP contribution in [0.5, 0.6) is 0 Å². The van der Waals surface area contributed by atoms with Crippen LogP contribution in [0.25, 0.3) is 0 Å². The summed E-state index contributed by atoms with van der Waals surface area (Å²) in [5.74, 6) is 0. The van der Waals surface area contributed by atoms with Crippen LogP contribution < -0.4 is 5.73 Å². The summed E-state index contributed by atoms with van der Waals surface area (Å²) in [6, 6.07) is 0. The van der Waals surface area contributed by atoms with Crippen LogP contribution in [0.1, 0.15) is 188 Å². The fraction of sp³-hybridized carbons (Fsp3) is 1.00. The van der Waals surface area contributed by atoms with Crippen molar-refractivity contribution in [1.82, 2.24) is 0 Å². The zero-order chi connectivity index (χ0) is 22.9. The van der Waals surface area contributed by atoms with E-state index in [4.69, 9.17) is 5.73 Å². The second kappa shape index (κ2) is 24.6. The number of hydrogen-bond acceptors (Lipinski definition) is 1. The van der Waals surface area contributed by atoms with E-state index in [0.717, 1.165) is 0 Å². The molecule has 2 N–H and O–H groups in total. The summed E-state index contributed by atoms with van der Waals surface area (Å²) in [4.78, 5) is 0. The minimum atomic E-state index is 0.0344. The van der Waals surface area contributed by atoms with Gasteiger partial charge in [-0.1, -0.05) is 167 Å². The van der Waals surface area contributed by atoms with Crippen molar-refractivity contribution in [2.24, 2.45) is 5.73 Å². The predicted molar refractivity (Wildman–Crippen MR) is 144 cm³/mol. The van der Waals surface area contributed by atoms with Crippen LogP contribution in [-0.2, 0) is 0 Å². The Hall–Kier alpha value is -0.0400. The zero-order valence-electron chi connectivity index (χ0n) is 22.5. The van der Waals surface area contributed by atoms with E-state index in [1.54, 1.807) is 0 Å². The third-order valence-electron chi connectivity index (χ3n) is 6.92. The minimum absolute atomic E-state index is 0.0344. The molecule has 0 fully saturated rings. The fourth-order valence-corrected chi connectivity index (χ4v) is 4.72. The Morgan fingerprint density at radius 1 is 0.355 bits per heavy atom. The maximum absolute atomic E-state index is 6.03. The molecule has 1 nitrogen and oxygen atoms in total. The molecule has 0 aromatic rings. The van der Waals surface area contributed by atoms with Crippen LogP contribution in [0.2, 0.25) is 0 Å². The molecule has 0 aliphatic rings. The van der Waals surface area contributed by atoms with Gasteiger partial charge in [0.1, 0.15) is 0 Å². The summed E-state index contributed by atoms with van der Waals surface area (Å²) >= 11 is 0. The highest BCUT2D eigenvalue weighted by Gasteiger charge is 2.08. The molecular weight excluding hydrogens is 374 g/mol. The van der Waals surface area contributed by atoms with Crippen LogP contribution >= 0.6 is 0 Å². The van der Waals surface area contributed by atoms with Gasteiger partial charge >= 0.3 is 0 Å². The van der Waals surface area contributed by atoms with Crippen LogP contribution in [0.15, 0.2) is 0 Å². The normalized spacial score (nSPS) is 12.0. The van der Waals surface area contributed by atoms with Gasteiger partial charge in [-0.25, -0.2) is 0 Å². The van der Waals surface area contributed by atoms with Crippen molar-refractivity contribution in [1.29, 1.82) is 0 Å². The number of rotatable bonds is 26. The number of unbranched alkanes of at least 4 members (excludes halogenated alkanes) is 24. The Morgan fingerprint density at radius 2 is 0.548 bits per heavy atom. The zero-order valence-corrected chi connectivity index (χ0v) is 22.5. The first-order chi connectivity index (χ1) is 15.1. The lowest BCUT2D eigenvalue weighted by atomic mass is 9.97. The van der Waals surface area contributed by atoms with Crippen molar-refractivity contribution >= 4 is 0 Å². The van der Waals surface area contributed by atoms with Gasteiger partial charge in [0.15, 0.2) is 0 Å². The van der Waals surface area contributed by atoms with Crippen LogP contribution in [0.3, 0.4) is 0 Å². The monoisotopic (exact) mass is 437 g/mol. The van der Waals surface area contributed by atoms with Crippen LogP contribution in [0, 0.1) is 0 Å². The van der Waals surface area contributed by atoms with Gasteiger partial charge in [-0.3, -0.25) is 0 Å². The molecule has 0 aliphatic carbocycles. The molecule has 0 aromatic heterocycles. The van der Waals surface area contributed by atoms with Gasteiger partial charge in [0, 0.05) is 5.54 Å². The molecule has 0 bridgehead atoms. The molecule has 0 heterocycles. The molecule has 0 aromatic carbocycles. The van der Waals surface area contributed by atoms with Crippen molar-refractivity contribution < 1.29 is 0 Å². The second-order valence-corrected chi connectivity index (χ2v) is 11.2. The van der Waals surface area contributed by atoms with Crippen LogP contribution in [0.4, 0.5) is 0 Å². The molecule has 1 heteroatoms. The average molecular weight is 438 g/mol. The molecule has 0 saturated carbocycles. The van der Waals surface area contributed by atoms with Gasteiger partial charge in [0.25, 0.3) is 0 Å². The lowest BCUT2D eigenvalue weighted by Gasteiger charge is -2.17. The highest BCUT2D eigenvalue weighted by atomic mass is 14.7. The summed E-state index contributed by atoms with van der Waals surface area (Å²) in [5.41, 5.74) is 6.07. The predicted octanol–water partition coefficient (Wildman–Crippen LogP) is 10.9. The lowest BCUT2D eigenvalue weighted by Crippen LogP contribution is -2.31. The van der Waals surface area contributed by atoms with Crippen molar-refractivity contribution in [3.05, 3.63) is 0 Å². The maximum Gasteiger partial charge on any atom is 0.00970 e. The SMILES string of the molecule is CCCCCCCCCCCCCCCCCCCCCCCCCCCC(C)(C)N. The second-order valence-electron chi connectivity index (χ2n) is 11.2. The molecule has 0 amide bonds. The van der Waals surface area contributed by atoms with Crippen molar-refractivity contribution in [2.75, 3.05) is 0 Å². The third-order valence-corrected chi connectivity index (χ3v) is 6.92. The maximum atomic E-state index is 6.03. The Kier molecular flexibility index (Phi) is 24.6. The molecule has 0 atom stereocenters. The Morgan fingerprint density at radius 3 is 0.742 bits per heavy atom. The van der Waals surface area contributed by atoms with E-state index in [-0.39, 0.29) is 5.54 Å². The smallest absolute Gasteiger partial charge is 0.00970 e. The van der Waals surface area contributed by atoms with E-state index in [1.165, 1.54) is 167 Å². The highest BCUT2D eigenvalue weighted by molar-refractivity contribution is 4.70. The first-order valence-corrected chi connectivity index (χ1v) is 14.8. The summed E-state index contributed by atoms with van der Waals surface area (Å²) in [6.45, 7) is 6.59. The van der Waals surface area contributed by atoms with E-state index in [0.29, 0.717) is 0 Å². The molecule has 0 saturated heterocycles. The third kappa shape index (κ3) is 30.0. The highest BCUT2D eigenvalue weighted by Crippen LogP contribution is 2.16. The first kappa shape index (κ1) is 31.0. The Balaban J connectivity index is 3.02. The van der Waals surface area contributed by atoms with E-state index >= 15 is 0 Å². The quantitative estimate of drug-likeness (QED) is 0.134. The van der Waals surface area contributed by atoms with E-state index in [2.05, 4.69) is 20.8 Å². The molecule has 0 rings (SSSR count). The first-order valence-electron chi connectivity index (χ1n) is 14.8. The van der Waals surface area contributed by atoms with Gasteiger partial charge in [0.2, 0.25) is 0 Å². The average Bonchev–Trinajstić information content (AvgIpc) is 2.73. The lowest BCUT2D eigenvalue weighted by molar-refractivity contribution is 0.440. The van der Waals surface area contributed by atoms with E-state index in [1.807, 2.05) is 0 Å².